The average Bonchev–Trinajstić information content (AvgIpc) is 2.59. The maximum Gasteiger partial charge on any atom is 0.122 e. The van der Waals surface area contributed by atoms with Gasteiger partial charge in [-0.1, -0.05) is 0 Å². The summed E-state index contributed by atoms with van der Waals surface area (Å²) in [6, 6.07) is 2.02. The van der Waals surface area contributed by atoms with Crippen LogP contribution in [-0.4, -0.2) is 32.1 Å². The number of rotatable bonds is 4. The van der Waals surface area contributed by atoms with Crippen molar-refractivity contribution in [2.24, 2.45) is 0 Å². The summed E-state index contributed by atoms with van der Waals surface area (Å²) in [7, 11) is 0. The molecule has 2 rings (SSSR count). The SMILES string of the molecule is Cc1cc2c(SCCCO)nccn2n1. The van der Waals surface area contributed by atoms with Gasteiger partial charge in [0.15, 0.2) is 0 Å². The molecular weight excluding hydrogens is 210 g/mol. The Bertz CT molecular complexity index is 455. The Morgan fingerprint density at radius 3 is 3.20 bits per heavy atom. The molecule has 4 nitrogen and oxygen atoms in total. The summed E-state index contributed by atoms with van der Waals surface area (Å²) in [6.45, 7) is 2.20. The Labute approximate surface area is 92.3 Å². The number of hydrogen-bond donors (Lipinski definition) is 1. The molecule has 0 saturated carbocycles. The number of aromatic nitrogens is 3. The molecule has 0 aliphatic rings. The third kappa shape index (κ3) is 2.30. The Morgan fingerprint density at radius 2 is 2.40 bits per heavy atom. The van der Waals surface area contributed by atoms with Crippen LogP contribution in [0.15, 0.2) is 23.5 Å². The van der Waals surface area contributed by atoms with Crippen molar-refractivity contribution in [1.29, 1.82) is 0 Å². The second kappa shape index (κ2) is 4.63. The molecule has 0 bridgehead atoms. The van der Waals surface area contributed by atoms with E-state index in [-0.39, 0.29) is 6.61 Å². The van der Waals surface area contributed by atoms with Crippen molar-refractivity contribution in [1.82, 2.24) is 14.6 Å². The van der Waals surface area contributed by atoms with Crippen molar-refractivity contribution in [2.45, 2.75) is 18.4 Å². The van der Waals surface area contributed by atoms with Crippen molar-refractivity contribution in [3.05, 3.63) is 24.2 Å². The van der Waals surface area contributed by atoms with Crippen molar-refractivity contribution < 1.29 is 5.11 Å². The molecule has 2 aromatic heterocycles. The predicted molar refractivity (Wildman–Crippen MR) is 60.2 cm³/mol. The van der Waals surface area contributed by atoms with E-state index in [2.05, 4.69) is 10.1 Å². The van der Waals surface area contributed by atoms with Crippen LogP contribution in [-0.2, 0) is 0 Å². The minimum atomic E-state index is 0.231. The molecule has 2 heterocycles. The van der Waals surface area contributed by atoms with E-state index in [9.17, 15) is 0 Å². The number of nitrogens with zero attached hydrogens (tertiary/aromatic N) is 3. The molecule has 1 N–H and O–H groups in total. The van der Waals surface area contributed by atoms with Gasteiger partial charge in [0.1, 0.15) is 5.03 Å². The quantitative estimate of drug-likeness (QED) is 0.630. The summed E-state index contributed by atoms with van der Waals surface area (Å²) in [5.41, 5.74) is 2.03. The first kappa shape index (κ1) is 10.4. The van der Waals surface area contributed by atoms with Crippen LogP contribution in [0.2, 0.25) is 0 Å². The second-order valence-corrected chi connectivity index (χ2v) is 4.36. The van der Waals surface area contributed by atoms with E-state index in [1.165, 1.54) is 0 Å². The third-order valence-electron chi connectivity index (χ3n) is 2.02. The van der Waals surface area contributed by atoms with E-state index in [4.69, 9.17) is 5.11 Å². The van der Waals surface area contributed by atoms with Gasteiger partial charge in [0.05, 0.1) is 11.2 Å². The molecule has 80 valence electrons. The summed E-state index contributed by atoms with van der Waals surface area (Å²) < 4.78 is 1.84. The van der Waals surface area contributed by atoms with Gasteiger partial charge >= 0.3 is 0 Å². The van der Waals surface area contributed by atoms with Gasteiger partial charge in [-0.2, -0.15) is 5.10 Å². The number of aliphatic hydroxyl groups excluding tert-OH is 1. The van der Waals surface area contributed by atoms with E-state index in [0.29, 0.717) is 0 Å². The molecule has 0 radical (unpaired) electrons. The van der Waals surface area contributed by atoms with Gasteiger partial charge in [0.2, 0.25) is 0 Å². The van der Waals surface area contributed by atoms with Crippen LogP contribution in [0.1, 0.15) is 12.1 Å². The van der Waals surface area contributed by atoms with Crippen LogP contribution in [0, 0.1) is 6.92 Å². The van der Waals surface area contributed by atoms with Crippen LogP contribution in [0.25, 0.3) is 5.52 Å². The van der Waals surface area contributed by atoms with Crippen LogP contribution >= 0.6 is 11.8 Å². The first-order valence-corrected chi connectivity index (χ1v) is 5.84. The largest absolute Gasteiger partial charge is 0.396 e. The minimum absolute atomic E-state index is 0.231. The average molecular weight is 223 g/mol. The zero-order valence-electron chi connectivity index (χ0n) is 8.55. The standard InChI is InChI=1S/C10H13N3OS/c1-8-7-9-10(15-6-2-5-14)11-3-4-13(9)12-8/h3-4,7,14H,2,5-6H2,1H3. The van der Waals surface area contributed by atoms with Gasteiger partial charge in [-0.3, -0.25) is 0 Å². The molecule has 0 unspecified atom stereocenters. The fraction of sp³-hybridized carbons (Fsp3) is 0.400. The van der Waals surface area contributed by atoms with Gasteiger partial charge in [0, 0.05) is 24.8 Å². The van der Waals surface area contributed by atoms with Gasteiger partial charge in [-0.15, -0.1) is 11.8 Å². The van der Waals surface area contributed by atoms with Gasteiger partial charge < -0.3 is 5.11 Å². The number of aryl methyl sites for hydroxylation is 1. The maximum absolute atomic E-state index is 8.71. The fourth-order valence-corrected chi connectivity index (χ4v) is 2.27. The topological polar surface area (TPSA) is 50.4 Å². The molecule has 0 spiro atoms. The van der Waals surface area contributed by atoms with Crippen molar-refractivity contribution in [3.8, 4) is 0 Å². The number of hydrogen-bond acceptors (Lipinski definition) is 4. The zero-order valence-corrected chi connectivity index (χ0v) is 9.37. The lowest BCUT2D eigenvalue weighted by atomic mass is 10.4. The second-order valence-electron chi connectivity index (χ2n) is 3.27. The highest BCUT2D eigenvalue weighted by Crippen LogP contribution is 2.21. The Morgan fingerprint density at radius 1 is 1.53 bits per heavy atom. The summed E-state index contributed by atoms with van der Waals surface area (Å²) in [5, 5.41) is 14.0. The van der Waals surface area contributed by atoms with Crippen LogP contribution in [0.4, 0.5) is 0 Å². The molecule has 0 aliphatic heterocycles. The summed E-state index contributed by atoms with van der Waals surface area (Å²) in [6.07, 6.45) is 4.39. The summed E-state index contributed by atoms with van der Waals surface area (Å²) >= 11 is 1.66. The molecule has 0 aliphatic carbocycles. The molecule has 0 aromatic carbocycles. The molecule has 0 amide bonds. The highest BCUT2D eigenvalue weighted by Gasteiger charge is 2.05. The Kier molecular flexibility index (Phi) is 3.23. The summed E-state index contributed by atoms with van der Waals surface area (Å²) in [5.74, 6) is 0.882. The highest BCUT2D eigenvalue weighted by molar-refractivity contribution is 7.99. The third-order valence-corrected chi connectivity index (χ3v) is 3.10. The highest BCUT2D eigenvalue weighted by atomic mass is 32.2. The van der Waals surface area contributed by atoms with E-state index < -0.39 is 0 Å². The van der Waals surface area contributed by atoms with Crippen LogP contribution in [0.5, 0.6) is 0 Å². The first-order valence-electron chi connectivity index (χ1n) is 4.86. The van der Waals surface area contributed by atoms with E-state index >= 15 is 0 Å². The summed E-state index contributed by atoms with van der Waals surface area (Å²) in [4.78, 5) is 4.31. The molecule has 0 saturated heterocycles. The smallest absolute Gasteiger partial charge is 0.122 e. The van der Waals surface area contributed by atoms with E-state index in [0.717, 1.165) is 28.4 Å². The number of thioether (sulfide) groups is 1. The minimum Gasteiger partial charge on any atom is -0.396 e. The number of aliphatic hydroxyl groups is 1. The molecule has 0 atom stereocenters. The fourth-order valence-electron chi connectivity index (χ4n) is 1.36. The van der Waals surface area contributed by atoms with Gasteiger partial charge in [0.25, 0.3) is 0 Å². The van der Waals surface area contributed by atoms with E-state index in [1.54, 1.807) is 18.0 Å². The lowest BCUT2D eigenvalue weighted by Gasteiger charge is -2.01. The Hall–Kier alpha value is -1.07. The molecule has 2 aromatic rings. The molecule has 5 heteroatoms. The predicted octanol–water partition coefficient (Wildman–Crippen LogP) is 1.51. The Balaban J connectivity index is 2.25. The van der Waals surface area contributed by atoms with Gasteiger partial charge in [-0.25, -0.2) is 9.50 Å². The molecule has 0 fully saturated rings. The van der Waals surface area contributed by atoms with Crippen molar-refractivity contribution in [2.75, 3.05) is 12.4 Å². The lowest BCUT2D eigenvalue weighted by molar-refractivity contribution is 0.296. The van der Waals surface area contributed by atoms with E-state index in [1.807, 2.05) is 23.7 Å². The van der Waals surface area contributed by atoms with Gasteiger partial charge in [-0.05, 0) is 19.4 Å². The lowest BCUT2D eigenvalue weighted by Crippen LogP contribution is -1.92. The van der Waals surface area contributed by atoms with Crippen molar-refractivity contribution in [3.63, 3.8) is 0 Å². The first-order chi connectivity index (χ1) is 7.31. The maximum atomic E-state index is 8.71. The normalized spacial score (nSPS) is 11.1. The zero-order chi connectivity index (χ0) is 10.7. The van der Waals surface area contributed by atoms with Crippen LogP contribution < -0.4 is 0 Å². The number of fused-ring (bicyclic) bond motifs is 1. The molecular formula is C10H13N3OS. The monoisotopic (exact) mass is 223 g/mol. The molecule has 15 heavy (non-hydrogen) atoms. The van der Waals surface area contributed by atoms with Crippen LogP contribution in [0.3, 0.4) is 0 Å². The van der Waals surface area contributed by atoms with Crippen molar-refractivity contribution >= 4 is 17.3 Å².